The molecule has 0 aliphatic heterocycles. The number of aromatic nitrogens is 2. The Bertz CT molecular complexity index is 1210. The first-order chi connectivity index (χ1) is 17.9. The van der Waals surface area contributed by atoms with E-state index in [1.807, 2.05) is 69.5 Å². The third-order valence-electron chi connectivity index (χ3n) is 6.20. The van der Waals surface area contributed by atoms with Crippen LogP contribution in [0.15, 0.2) is 54.7 Å². The Kier molecular flexibility index (Phi) is 9.60. The lowest BCUT2D eigenvalue weighted by Gasteiger charge is -2.40. The van der Waals surface area contributed by atoms with Crippen LogP contribution >= 0.6 is 0 Å². The van der Waals surface area contributed by atoms with Gasteiger partial charge in [0.1, 0.15) is 24.1 Å². The summed E-state index contributed by atoms with van der Waals surface area (Å²) in [7, 11) is 0. The summed E-state index contributed by atoms with van der Waals surface area (Å²) in [5.74, 6) is -0.670. The third-order valence-corrected chi connectivity index (χ3v) is 6.20. The summed E-state index contributed by atoms with van der Waals surface area (Å²) in [6.07, 6.45) is 1.93. The van der Waals surface area contributed by atoms with E-state index in [-0.39, 0.29) is 36.3 Å². The number of carbonyl (C=O) groups excluding carboxylic acids is 1. The van der Waals surface area contributed by atoms with E-state index in [4.69, 9.17) is 10.7 Å². The highest BCUT2D eigenvalue weighted by molar-refractivity contribution is 5.75. The molecule has 0 bridgehead atoms. The molecule has 0 saturated heterocycles. The zero-order valence-electron chi connectivity index (χ0n) is 22.7. The van der Waals surface area contributed by atoms with Gasteiger partial charge in [-0.05, 0) is 49.4 Å². The second-order valence-electron chi connectivity index (χ2n) is 11.0. The molecule has 2 atom stereocenters. The van der Waals surface area contributed by atoms with Gasteiger partial charge >= 0.3 is 6.03 Å². The molecule has 0 spiro atoms. The number of imidazole rings is 1. The highest BCUT2D eigenvalue weighted by Crippen LogP contribution is 2.39. The maximum atomic E-state index is 14.8. The predicted octanol–water partition coefficient (Wildman–Crippen LogP) is 6.07. The van der Waals surface area contributed by atoms with Gasteiger partial charge in [-0.1, -0.05) is 51.1 Å². The van der Waals surface area contributed by atoms with Crippen molar-refractivity contribution in [3.8, 4) is 11.3 Å². The molecule has 0 saturated carbocycles. The number of alkyl halides is 1. The standard InChI is InChI=1S/C29H38F3N5O/c1-19(2)34-28(38)37(14-13-22(33)16-30)26(29(3,4)5)27-35-25(23-15-21(31)11-12-24(23)32)18-36(27)17-20-9-7-6-8-10-20/h6-12,15,18-19,22,26H,13-14,16-17,33H2,1-5H3,(H,34,38)/t22-,26?/m0/s1. The minimum atomic E-state index is -0.717. The van der Waals surface area contributed by atoms with Gasteiger partial charge in [0.15, 0.2) is 0 Å². The van der Waals surface area contributed by atoms with Crippen LogP contribution in [0.3, 0.4) is 0 Å². The molecule has 0 aliphatic carbocycles. The molecule has 1 aromatic heterocycles. The number of amides is 2. The monoisotopic (exact) mass is 529 g/mol. The van der Waals surface area contributed by atoms with Gasteiger partial charge in [-0.3, -0.25) is 0 Å². The number of hydrogen-bond donors (Lipinski definition) is 2. The normalized spacial score (nSPS) is 13.4. The largest absolute Gasteiger partial charge is 0.336 e. The molecular weight excluding hydrogens is 491 g/mol. The van der Waals surface area contributed by atoms with E-state index >= 15 is 0 Å². The number of rotatable bonds is 10. The molecule has 206 valence electrons. The second-order valence-corrected chi connectivity index (χ2v) is 11.0. The molecule has 0 fully saturated rings. The van der Waals surface area contributed by atoms with Gasteiger partial charge in [0.2, 0.25) is 0 Å². The lowest BCUT2D eigenvalue weighted by atomic mass is 9.84. The molecule has 3 aromatic rings. The molecule has 38 heavy (non-hydrogen) atoms. The van der Waals surface area contributed by atoms with E-state index in [2.05, 4.69) is 5.32 Å². The van der Waals surface area contributed by atoms with Gasteiger partial charge in [0.05, 0.1) is 11.7 Å². The number of benzene rings is 2. The number of nitrogens with zero attached hydrogens (tertiary/aromatic N) is 3. The summed E-state index contributed by atoms with van der Waals surface area (Å²) >= 11 is 0. The van der Waals surface area contributed by atoms with Gasteiger partial charge in [-0.25, -0.2) is 22.9 Å². The van der Waals surface area contributed by atoms with Crippen molar-refractivity contribution in [3.63, 3.8) is 0 Å². The van der Waals surface area contributed by atoms with Crippen LogP contribution in [0.1, 0.15) is 58.5 Å². The predicted molar refractivity (Wildman–Crippen MR) is 144 cm³/mol. The Morgan fingerprint density at radius 3 is 2.42 bits per heavy atom. The highest BCUT2D eigenvalue weighted by Gasteiger charge is 2.38. The zero-order valence-corrected chi connectivity index (χ0v) is 22.7. The number of nitrogens with two attached hydrogens (primary N) is 1. The molecule has 6 nitrogen and oxygen atoms in total. The summed E-state index contributed by atoms with van der Waals surface area (Å²) in [4.78, 5) is 19.9. The second kappa shape index (κ2) is 12.5. The first-order valence-corrected chi connectivity index (χ1v) is 12.9. The van der Waals surface area contributed by atoms with Gasteiger partial charge in [-0.2, -0.15) is 0 Å². The van der Waals surface area contributed by atoms with Gasteiger partial charge in [0, 0.05) is 36.9 Å². The van der Waals surface area contributed by atoms with Crippen molar-refractivity contribution < 1.29 is 18.0 Å². The maximum Gasteiger partial charge on any atom is 0.318 e. The lowest BCUT2D eigenvalue weighted by molar-refractivity contribution is 0.104. The summed E-state index contributed by atoms with van der Waals surface area (Å²) in [6, 6.07) is 11.1. The van der Waals surface area contributed by atoms with Crippen molar-refractivity contribution in [2.45, 2.75) is 65.7 Å². The van der Waals surface area contributed by atoms with Crippen molar-refractivity contribution in [1.29, 1.82) is 0 Å². The van der Waals surface area contributed by atoms with Crippen LogP contribution in [-0.2, 0) is 6.54 Å². The molecule has 3 N–H and O–H groups in total. The number of carbonyl (C=O) groups is 1. The topological polar surface area (TPSA) is 76.2 Å². The summed E-state index contributed by atoms with van der Waals surface area (Å²) in [5.41, 5.74) is 6.61. The molecular formula is C29H38F3N5O. The third kappa shape index (κ3) is 7.37. The average Bonchev–Trinajstić information content (AvgIpc) is 3.24. The van der Waals surface area contributed by atoms with Crippen molar-refractivity contribution in [3.05, 3.63) is 77.8 Å². The van der Waals surface area contributed by atoms with Crippen LogP contribution < -0.4 is 11.1 Å². The van der Waals surface area contributed by atoms with Crippen LogP contribution in [0.2, 0.25) is 0 Å². The summed E-state index contributed by atoms with van der Waals surface area (Å²) in [5, 5.41) is 2.94. The Morgan fingerprint density at radius 1 is 1.13 bits per heavy atom. The van der Waals surface area contributed by atoms with Crippen LogP contribution in [-0.4, -0.2) is 45.8 Å². The maximum absolute atomic E-state index is 14.8. The number of urea groups is 1. The Balaban J connectivity index is 2.20. The molecule has 1 unspecified atom stereocenters. The smallest absolute Gasteiger partial charge is 0.318 e. The number of nitrogens with one attached hydrogen (secondary N) is 1. The van der Waals surface area contributed by atoms with Crippen molar-refractivity contribution in [2.24, 2.45) is 11.1 Å². The van der Waals surface area contributed by atoms with Crippen molar-refractivity contribution in [1.82, 2.24) is 19.8 Å². The molecule has 3 rings (SSSR count). The zero-order chi connectivity index (χ0) is 28.0. The van der Waals surface area contributed by atoms with Gasteiger partial charge in [-0.15, -0.1) is 0 Å². The molecule has 2 aromatic carbocycles. The van der Waals surface area contributed by atoms with Gasteiger partial charge < -0.3 is 20.5 Å². The fraction of sp³-hybridized carbons (Fsp3) is 0.448. The van der Waals surface area contributed by atoms with E-state index < -0.39 is 35.8 Å². The van der Waals surface area contributed by atoms with Crippen LogP contribution in [0.5, 0.6) is 0 Å². The molecule has 1 heterocycles. The molecule has 2 amide bonds. The Morgan fingerprint density at radius 2 is 1.82 bits per heavy atom. The van der Waals surface area contributed by atoms with Crippen molar-refractivity contribution >= 4 is 6.03 Å². The van der Waals surface area contributed by atoms with E-state index in [0.717, 1.165) is 23.8 Å². The quantitative estimate of drug-likeness (QED) is 0.335. The van der Waals surface area contributed by atoms with E-state index in [1.54, 1.807) is 11.1 Å². The molecule has 0 radical (unpaired) electrons. The fourth-order valence-corrected chi connectivity index (χ4v) is 4.43. The van der Waals surface area contributed by atoms with E-state index in [0.29, 0.717) is 12.4 Å². The Hall–Kier alpha value is -3.33. The summed E-state index contributed by atoms with van der Waals surface area (Å²) < 4.78 is 44.0. The van der Waals surface area contributed by atoms with Crippen LogP contribution in [0.4, 0.5) is 18.0 Å². The first-order valence-electron chi connectivity index (χ1n) is 12.9. The molecule has 0 aliphatic rings. The SMILES string of the molecule is CC(C)NC(=O)N(CC[C@H](N)CF)C(c1nc(-c2cc(F)ccc2F)cn1Cc1ccccc1)C(C)(C)C. The highest BCUT2D eigenvalue weighted by atomic mass is 19.1. The van der Waals surface area contributed by atoms with Crippen molar-refractivity contribution in [2.75, 3.05) is 13.2 Å². The fourth-order valence-electron chi connectivity index (χ4n) is 4.43. The lowest BCUT2D eigenvalue weighted by Crippen LogP contribution is -2.50. The Labute approximate surface area is 223 Å². The number of hydrogen-bond acceptors (Lipinski definition) is 3. The first kappa shape index (κ1) is 29.2. The van der Waals surface area contributed by atoms with E-state index in [1.165, 1.54) is 0 Å². The van der Waals surface area contributed by atoms with Crippen LogP contribution in [0, 0.1) is 17.0 Å². The minimum absolute atomic E-state index is 0.0309. The average molecular weight is 530 g/mol. The summed E-state index contributed by atoms with van der Waals surface area (Å²) in [6.45, 7) is 9.54. The van der Waals surface area contributed by atoms with E-state index in [9.17, 15) is 18.0 Å². The van der Waals surface area contributed by atoms with Crippen LogP contribution in [0.25, 0.3) is 11.3 Å². The molecule has 9 heteroatoms. The van der Waals surface area contributed by atoms with Gasteiger partial charge in [0.25, 0.3) is 0 Å². The minimum Gasteiger partial charge on any atom is -0.336 e. The number of halogens is 3.